The Morgan fingerprint density at radius 3 is 2.17 bits per heavy atom. The zero-order valence-corrected chi connectivity index (χ0v) is 10.7. The minimum Gasteiger partial charge on any atom is -0.497 e. The van der Waals surface area contributed by atoms with Gasteiger partial charge in [0.05, 0.1) is 21.3 Å². The van der Waals surface area contributed by atoms with Gasteiger partial charge in [-0.25, -0.2) is 4.79 Å². The topological polar surface area (TPSA) is 44.8 Å². The Kier molecular flexibility index (Phi) is 5.51. The molecule has 4 heteroatoms. The molecule has 96 valence electrons. The number of hydrogen-bond donors (Lipinski definition) is 0. The van der Waals surface area contributed by atoms with Crippen molar-refractivity contribution in [2.45, 2.75) is 0 Å². The second kappa shape index (κ2) is 7.17. The van der Waals surface area contributed by atoms with Crippen LogP contribution in [0.5, 0.6) is 5.75 Å². The zero-order valence-electron chi connectivity index (χ0n) is 10.7. The van der Waals surface area contributed by atoms with Crippen LogP contribution in [0.4, 0.5) is 0 Å². The van der Waals surface area contributed by atoms with Crippen LogP contribution in [0.1, 0.15) is 5.56 Å². The first-order valence-corrected chi connectivity index (χ1v) is 5.35. The monoisotopic (exact) mass is 248 g/mol. The van der Waals surface area contributed by atoms with E-state index in [1.807, 2.05) is 24.3 Å². The number of carbonyl (C=O) groups is 1. The van der Waals surface area contributed by atoms with Crippen LogP contribution in [0.25, 0.3) is 6.08 Å². The molecular formula is C14H16O4. The maximum absolute atomic E-state index is 11.0. The fourth-order valence-electron chi connectivity index (χ4n) is 1.26. The third-order valence-corrected chi connectivity index (χ3v) is 2.25. The van der Waals surface area contributed by atoms with Crippen molar-refractivity contribution >= 4 is 12.0 Å². The number of allylic oxidation sites excluding steroid dienone is 1. The summed E-state index contributed by atoms with van der Waals surface area (Å²) >= 11 is 0. The minimum absolute atomic E-state index is 0.423. The summed E-state index contributed by atoms with van der Waals surface area (Å²) < 4.78 is 14.7. The SMILES string of the molecule is COC(=O)/C=C/C(=C\c1ccc(OC)cc1)OC. The summed E-state index contributed by atoms with van der Waals surface area (Å²) in [4.78, 5) is 11.0. The Morgan fingerprint density at radius 1 is 1.00 bits per heavy atom. The molecule has 0 N–H and O–H groups in total. The van der Waals surface area contributed by atoms with Crippen molar-refractivity contribution in [2.24, 2.45) is 0 Å². The van der Waals surface area contributed by atoms with Gasteiger partial charge in [0.2, 0.25) is 0 Å². The van der Waals surface area contributed by atoms with Gasteiger partial charge < -0.3 is 14.2 Å². The summed E-state index contributed by atoms with van der Waals surface area (Å²) in [6.45, 7) is 0. The Balaban J connectivity index is 2.82. The molecule has 0 heterocycles. The largest absolute Gasteiger partial charge is 0.497 e. The fraction of sp³-hybridized carbons (Fsp3) is 0.214. The van der Waals surface area contributed by atoms with Gasteiger partial charge in [-0.2, -0.15) is 0 Å². The standard InChI is InChI=1S/C14H16O4/c1-16-12-6-4-11(5-7-12)10-13(17-2)8-9-14(15)18-3/h4-10H,1-3H3/b9-8+,13-10+. The van der Waals surface area contributed by atoms with Gasteiger partial charge in [-0.1, -0.05) is 12.1 Å². The lowest BCUT2D eigenvalue weighted by atomic mass is 10.2. The quantitative estimate of drug-likeness (QED) is 0.347. The Labute approximate surface area is 106 Å². The maximum Gasteiger partial charge on any atom is 0.330 e. The molecule has 0 bridgehead atoms. The molecule has 0 radical (unpaired) electrons. The number of esters is 1. The highest BCUT2D eigenvalue weighted by Crippen LogP contribution is 2.14. The van der Waals surface area contributed by atoms with Gasteiger partial charge in [0, 0.05) is 6.08 Å². The van der Waals surface area contributed by atoms with E-state index in [9.17, 15) is 4.79 Å². The number of benzene rings is 1. The van der Waals surface area contributed by atoms with Gasteiger partial charge in [0.15, 0.2) is 0 Å². The van der Waals surface area contributed by atoms with Crippen LogP contribution in [0.2, 0.25) is 0 Å². The van der Waals surface area contributed by atoms with Gasteiger partial charge in [-0.3, -0.25) is 0 Å². The van der Waals surface area contributed by atoms with Crippen molar-refractivity contribution in [3.05, 3.63) is 47.7 Å². The molecule has 0 saturated heterocycles. The molecule has 0 unspecified atom stereocenters. The molecule has 1 aromatic rings. The molecule has 1 aromatic carbocycles. The lowest BCUT2D eigenvalue weighted by Crippen LogP contribution is -1.94. The van der Waals surface area contributed by atoms with E-state index in [2.05, 4.69) is 4.74 Å². The number of rotatable bonds is 5. The van der Waals surface area contributed by atoms with Gasteiger partial charge in [0.25, 0.3) is 0 Å². The minimum atomic E-state index is -0.423. The van der Waals surface area contributed by atoms with Crippen molar-refractivity contribution < 1.29 is 19.0 Å². The predicted molar refractivity (Wildman–Crippen MR) is 69.1 cm³/mol. The van der Waals surface area contributed by atoms with E-state index in [4.69, 9.17) is 9.47 Å². The van der Waals surface area contributed by atoms with Crippen LogP contribution in [-0.4, -0.2) is 27.3 Å². The third-order valence-electron chi connectivity index (χ3n) is 2.25. The first-order chi connectivity index (χ1) is 8.69. The lowest BCUT2D eigenvalue weighted by molar-refractivity contribution is -0.134. The molecule has 0 amide bonds. The lowest BCUT2D eigenvalue weighted by Gasteiger charge is -2.02. The predicted octanol–water partition coefficient (Wildman–Crippen LogP) is 2.41. The summed E-state index contributed by atoms with van der Waals surface area (Å²) in [6, 6.07) is 7.49. The van der Waals surface area contributed by atoms with Crippen LogP contribution in [-0.2, 0) is 14.3 Å². The average molecular weight is 248 g/mol. The summed E-state index contributed by atoms with van der Waals surface area (Å²) in [7, 11) is 4.48. The molecule has 0 aliphatic heterocycles. The molecule has 1 rings (SSSR count). The van der Waals surface area contributed by atoms with Crippen molar-refractivity contribution in [3.63, 3.8) is 0 Å². The molecule has 0 spiro atoms. The average Bonchev–Trinajstić information content (AvgIpc) is 2.43. The maximum atomic E-state index is 11.0. The van der Waals surface area contributed by atoms with Gasteiger partial charge in [-0.05, 0) is 29.8 Å². The van der Waals surface area contributed by atoms with Crippen LogP contribution in [0, 0.1) is 0 Å². The van der Waals surface area contributed by atoms with Crippen LogP contribution in [0.15, 0.2) is 42.2 Å². The third kappa shape index (κ3) is 4.33. The highest BCUT2D eigenvalue weighted by molar-refractivity contribution is 5.82. The number of ether oxygens (including phenoxy) is 3. The summed E-state index contributed by atoms with van der Waals surface area (Å²) in [5, 5.41) is 0. The van der Waals surface area contributed by atoms with Gasteiger partial charge in [0.1, 0.15) is 11.5 Å². The van der Waals surface area contributed by atoms with E-state index < -0.39 is 5.97 Å². The number of hydrogen-bond acceptors (Lipinski definition) is 4. The molecule has 0 aliphatic carbocycles. The summed E-state index contributed by atoms with van der Waals surface area (Å²) in [6.07, 6.45) is 4.66. The van der Waals surface area contributed by atoms with Crippen LogP contribution in [0.3, 0.4) is 0 Å². The van der Waals surface area contributed by atoms with E-state index >= 15 is 0 Å². The van der Waals surface area contributed by atoms with E-state index in [0.717, 1.165) is 11.3 Å². The van der Waals surface area contributed by atoms with Crippen molar-refractivity contribution in [3.8, 4) is 5.75 Å². The van der Waals surface area contributed by atoms with Crippen LogP contribution >= 0.6 is 0 Å². The molecule has 0 saturated carbocycles. The number of carbonyl (C=O) groups excluding carboxylic acids is 1. The van der Waals surface area contributed by atoms with Crippen molar-refractivity contribution in [2.75, 3.05) is 21.3 Å². The van der Waals surface area contributed by atoms with Crippen molar-refractivity contribution in [1.82, 2.24) is 0 Å². The fourth-order valence-corrected chi connectivity index (χ4v) is 1.26. The van der Waals surface area contributed by atoms with Gasteiger partial charge >= 0.3 is 5.97 Å². The van der Waals surface area contributed by atoms with E-state index in [-0.39, 0.29) is 0 Å². The summed E-state index contributed by atoms with van der Waals surface area (Å²) in [5.74, 6) is 0.925. The number of methoxy groups -OCH3 is 3. The van der Waals surface area contributed by atoms with E-state index in [0.29, 0.717) is 5.76 Å². The molecule has 0 atom stereocenters. The normalized spacial score (nSPS) is 11.4. The Morgan fingerprint density at radius 2 is 1.67 bits per heavy atom. The Bertz CT molecular complexity index is 443. The second-order valence-electron chi connectivity index (χ2n) is 3.38. The van der Waals surface area contributed by atoms with E-state index in [1.54, 1.807) is 19.3 Å². The van der Waals surface area contributed by atoms with Gasteiger partial charge in [-0.15, -0.1) is 0 Å². The zero-order chi connectivity index (χ0) is 13.4. The highest BCUT2D eigenvalue weighted by atomic mass is 16.5. The molecule has 0 aliphatic rings. The van der Waals surface area contributed by atoms with Crippen molar-refractivity contribution in [1.29, 1.82) is 0 Å². The first kappa shape index (κ1) is 13.8. The van der Waals surface area contributed by atoms with E-state index in [1.165, 1.54) is 20.3 Å². The molecule has 4 nitrogen and oxygen atoms in total. The highest BCUT2D eigenvalue weighted by Gasteiger charge is 1.96. The Hall–Kier alpha value is -2.23. The molecular weight excluding hydrogens is 232 g/mol. The van der Waals surface area contributed by atoms with Crippen LogP contribution < -0.4 is 4.74 Å². The first-order valence-electron chi connectivity index (χ1n) is 5.35. The smallest absolute Gasteiger partial charge is 0.330 e. The molecule has 0 aromatic heterocycles. The molecule has 18 heavy (non-hydrogen) atoms. The summed E-state index contributed by atoms with van der Waals surface area (Å²) in [5.41, 5.74) is 0.946. The second-order valence-corrected chi connectivity index (χ2v) is 3.38. The molecule has 0 fully saturated rings.